The fourth-order valence-electron chi connectivity index (χ4n) is 5.67. The van der Waals surface area contributed by atoms with Crippen LogP contribution in [0.25, 0.3) is 10.9 Å². The van der Waals surface area contributed by atoms with Gasteiger partial charge in [0.1, 0.15) is 17.8 Å². The summed E-state index contributed by atoms with van der Waals surface area (Å²) in [4.78, 5) is 42.7. The normalized spacial score (nSPS) is 16.4. The fraction of sp³-hybridized carbons (Fsp3) is 0.533. The first-order valence-electron chi connectivity index (χ1n) is 14.1. The Hall–Kier alpha value is -3.82. The van der Waals surface area contributed by atoms with Crippen molar-refractivity contribution in [3.8, 4) is 0 Å². The molecule has 1 fully saturated rings. The number of nitrogens with one attached hydrogen (secondary N) is 3. The summed E-state index contributed by atoms with van der Waals surface area (Å²) in [5.41, 5.74) is 1.50. The van der Waals surface area contributed by atoms with E-state index in [2.05, 4.69) is 27.9 Å². The van der Waals surface area contributed by atoms with Crippen molar-refractivity contribution in [2.75, 3.05) is 0 Å². The van der Waals surface area contributed by atoms with Crippen molar-refractivity contribution in [1.29, 1.82) is 0 Å². The van der Waals surface area contributed by atoms with Gasteiger partial charge in [-0.3, -0.25) is 4.79 Å². The lowest BCUT2D eigenvalue weighted by atomic mass is 9.83. The molecule has 0 unspecified atom stereocenters. The summed E-state index contributed by atoms with van der Waals surface area (Å²) in [7, 11) is 1.95. The standard InChI is InChI=1S/C30H41N5O5/c1-18(2)15-22(32-29(39)34-30(4)13-9-6-10-14-30)26(36)31-23(27-33-25(28(37)38)19(3)40-27)16-20-17-35(5)24-12-8-7-11-21(20)24/h7-8,11-12,17-18,22-23H,6,9-10,13-16H2,1-5H3,(H,31,36)(H,37,38)(H2,32,34,39)/t22-,23+/m0/s1. The van der Waals surface area contributed by atoms with E-state index in [1.54, 1.807) is 0 Å². The molecule has 3 amide bonds. The molecular weight excluding hydrogens is 510 g/mol. The van der Waals surface area contributed by atoms with E-state index < -0.39 is 18.1 Å². The predicted octanol–water partition coefficient (Wildman–Crippen LogP) is 5.01. The first-order valence-corrected chi connectivity index (χ1v) is 14.1. The van der Waals surface area contributed by atoms with Crippen molar-refractivity contribution in [2.24, 2.45) is 13.0 Å². The summed E-state index contributed by atoms with van der Waals surface area (Å²) < 4.78 is 7.78. The molecule has 10 nitrogen and oxygen atoms in total. The van der Waals surface area contributed by atoms with E-state index in [4.69, 9.17) is 4.42 Å². The lowest BCUT2D eigenvalue weighted by molar-refractivity contribution is -0.124. The Morgan fingerprint density at radius 1 is 1.12 bits per heavy atom. The highest BCUT2D eigenvalue weighted by Gasteiger charge is 2.32. The highest BCUT2D eigenvalue weighted by Crippen LogP contribution is 2.28. The summed E-state index contributed by atoms with van der Waals surface area (Å²) in [5.74, 6) is -1.17. The molecule has 0 aliphatic heterocycles. The monoisotopic (exact) mass is 551 g/mol. The minimum Gasteiger partial charge on any atom is -0.476 e. The van der Waals surface area contributed by atoms with Gasteiger partial charge in [-0.2, -0.15) is 0 Å². The number of rotatable bonds is 10. The molecule has 1 aliphatic carbocycles. The number of hydrogen-bond donors (Lipinski definition) is 4. The van der Waals surface area contributed by atoms with Crippen LogP contribution in [0.2, 0.25) is 0 Å². The van der Waals surface area contributed by atoms with Crippen molar-refractivity contribution in [3.05, 3.63) is 53.4 Å². The maximum Gasteiger partial charge on any atom is 0.358 e. The van der Waals surface area contributed by atoms with Gasteiger partial charge in [-0.15, -0.1) is 0 Å². The van der Waals surface area contributed by atoms with E-state index in [0.29, 0.717) is 12.8 Å². The van der Waals surface area contributed by atoms with Gasteiger partial charge in [-0.1, -0.05) is 51.3 Å². The second-order valence-electron chi connectivity index (χ2n) is 11.7. The van der Waals surface area contributed by atoms with Crippen molar-refractivity contribution in [3.63, 3.8) is 0 Å². The van der Waals surface area contributed by atoms with Crippen LogP contribution in [-0.2, 0) is 18.3 Å². The lowest BCUT2D eigenvalue weighted by Gasteiger charge is -2.35. The molecule has 0 saturated heterocycles. The Morgan fingerprint density at radius 3 is 2.48 bits per heavy atom. The summed E-state index contributed by atoms with van der Waals surface area (Å²) in [5, 5.41) is 19.6. The number of para-hydroxylation sites is 1. The Balaban J connectivity index is 1.59. The van der Waals surface area contributed by atoms with Crippen molar-refractivity contribution < 1.29 is 23.9 Å². The minimum absolute atomic E-state index is 0.110. The first-order chi connectivity index (χ1) is 19.0. The zero-order chi connectivity index (χ0) is 29.0. The van der Waals surface area contributed by atoms with Crippen molar-refractivity contribution >= 4 is 28.8 Å². The zero-order valence-electron chi connectivity index (χ0n) is 24.0. The molecule has 2 aromatic heterocycles. The van der Waals surface area contributed by atoms with Crippen LogP contribution in [0.1, 0.15) is 93.0 Å². The molecule has 3 aromatic rings. The molecule has 216 valence electrons. The summed E-state index contributed by atoms with van der Waals surface area (Å²) in [6, 6.07) is 6.02. The Kier molecular flexibility index (Phi) is 8.85. The molecule has 0 radical (unpaired) electrons. The number of hydrogen-bond acceptors (Lipinski definition) is 5. The van der Waals surface area contributed by atoms with Crippen LogP contribution in [-0.4, -0.2) is 44.1 Å². The first kappa shape index (κ1) is 29.2. The van der Waals surface area contributed by atoms with Crippen molar-refractivity contribution in [1.82, 2.24) is 25.5 Å². The van der Waals surface area contributed by atoms with Crippen LogP contribution in [0.4, 0.5) is 4.79 Å². The van der Waals surface area contributed by atoms with Gasteiger partial charge in [-0.05, 0) is 50.7 Å². The highest BCUT2D eigenvalue weighted by molar-refractivity contribution is 5.88. The van der Waals surface area contributed by atoms with Gasteiger partial charge in [0.05, 0.1) is 0 Å². The van der Waals surface area contributed by atoms with E-state index in [1.807, 2.05) is 55.9 Å². The maximum atomic E-state index is 13.7. The van der Waals surface area contributed by atoms with Gasteiger partial charge in [0, 0.05) is 36.1 Å². The Morgan fingerprint density at radius 2 is 1.82 bits per heavy atom. The number of aromatic nitrogens is 2. The topological polar surface area (TPSA) is 138 Å². The molecule has 2 heterocycles. The predicted molar refractivity (Wildman–Crippen MR) is 152 cm³/mol. The molecule has 4 rings (SSSR count). The van der Waals surface area contributed by atoms with E-state index in [-0.39, 0.29) is 40.7 Å². The average molecular weight is 552 g/mol. The van der Waals surface area contributed by atoms with E-state index >= 15 is 0 Å². The lowest BCUT2D eigenvalue weighted by Crippen LogP contribution is -2.56. The van der Waals surface area contributed by atoms with Gasteiger partial charge in [0.25, 0.3) is 0 Å². The van der Waals surface area contributed by atoms with Crippen LogP contribution in [0.5, 0.6) is 0 Å². The zero-order valence-corrected chi connectivity index (χ0v) is 24.0. The number of carboxylic acid groups (broad SMARTS) is 1. The smallest absolute Gasteiger partial charge is 0.358 e. The second kappa shape index (κ2) is 12.1. The third-order valence-corrected chi connectivity index (χ3v) is 7.74. The van der Waals surface area contributed by atoms with Crippen LogP contribution >= 0.6 is 0 Å². The van der Waals surface area contributed by atoms with Crippen LogP contribution in [0.3, 0.4) is 0 Å². The number of carbonyl (C=O) groups is 3. The number of oxazole rings is 1. The number of urea groups is 1. The third-order valence-electron chi connectivity index (χ3n) is 7.74. The molecule has 10 heteroatoms. The molecular formula is C30H41N5O5. The number of carboxylic acids is 1. The van der Waals surface area contributed by atoms with E-state index in [9.17, 15) is 19.5 Å². The summed E-state index contributed by atoms with van der Waals surface area (Å²) >= 11 is 0. The van der Waals surface area contributed by atoms with Crippen LogP contribution < -0.4 is 16.0 Å². The molecule has 1 saturated carbocycles. The molecule has 1 aromatic carbocycles. The molecule has 0 bridgehead atoms. The van der Waals surface area contributed by atoms with Gasteiger partial charge in [-0.25, -0.2) is 14.6 Å². The summed E-state index contributed by atoms with van der Waals surface area (Å²) in [6.45, 7) is 7.57. The maximum absolute atomic E-state index is 13.7. The van der Waals surface area contributed by atoms with Crippen molar-refractivity contribution in [2.45, 2.75) is 90.3 Å². The number of aromatic carboxylic acids is 1. The molecule has 1 aliphatic rings. The van der Waals surface area contributed by atoms with Crippen LogP contribution in [0, 0.1) is 12.8 Å². The highest BCUT2D eigenvalue weighted by atomic mass is 16.4. The number of aryl methyl sites for hydroxylation is 2. The van der Waals surface area contributed by atoms with Gasteiger partial charge >= 0.3 is 12.0 Å². The Labute approximate surface area is 234 Å². The SMILES string of the molecule is Cc1oc([C@@H](Cc2cn(C)c3ccccc23)NC(=O)[C@H](CC(C)C)NC(=O)NC2(C)CCCCC2)nc1C(=O)O. The van der Waals surface area contributed by atoms with Gasteiger partial charge in [0.2, 0.25) is 11.8 Å². The minimum atomic E-state index is -1.20. The van der Waals surface area contributed by atoms with E-state index in [1.165, 1.54) is 13.3 Å². The summed E-state index contributed by atoms with van der Waals surface area (Å²) in [6.07, 6.45) is 7.85. The van der Waals surface area contributed by atoms with Gasteiger partial charge in [0.15, 0.2) is 5.69 Å². The van der Waals surface area contributed by atoms with Gasteiger partial charge < -0.3 is 30.0 Å². The average Bonchev–Trinajstić information content (AvgIpc) is 3.43. The second-order valence-corrected chi connectivity index (χ2v) is 11.7. The molecule has 4 N–H and O–H groups in total. The number of nitrogens with zero attached hydrogens (tertiary/aromatic N) is 2. The largest absolute Gasteiger partial charge is 0.476 e. The Bertz CT molecular complexity index is 1370. The number of amides is 3. The number of fused-ring (bicyclic) bond motifs is 1. The van der Waals surface area contributed by atoms with Crippen LogP contribution in [0.15, 0.2) is 34.9 Å². The van der Waals surface area contributed by atoms with E-state index in [0.717, 1.165) is 42.1 Å². The molecule has 40 heavy (non-hydrogen) atoms. The quantitative estimate of drug-likeness (QED) is 0.279. The molecule has 2 atom stereocenters. The number of carbonyl (C=O) groups excluding carboxylic acids is 2. The fourth-order valence-corrected chi connectivity index (χ4v) is 5.67. The number of benzene rings is 1. The third kappa shape index (κ3) is 6.84. The molecule has 0 spiro atoms.